The van der Waals surface area contributed by atoms with Crippen LogP contribution in [-0.2, 0) is 0 Å². The first kappa shape index (κ1) is 16.8. The first-order chi connectivity index (χ1) is 13.7. The van der Waals surface area contributed by atoms with Crippen molar-refractivity contribution in [1.82, 2.24) is 4.98 Å². The number of aromatic nitrogens is 1. The molecule has 1 aliphatic carbocycles. The third-order valence-electron chi connectivity index (χ3n) is 5.26. The fourth-order valence-electron chi connectivity index (χ4n) is 3.58. The normalized spacial score (nSPS) is 13.6. The zero-order chi connectivity index (χ0) is 19.1. The lowest BCUT2D eigenvalue weighted by Crippen LogP contribution is -2.27. The summed E-state index contributed by atoms with van der Waals surface area (Å²) >= 11 is 0. The lowest BCUT2D eigenvalue weighted by Gasteiger charge is -2.18. The largest absolute Gasteiger partial charge is 0.440 e. The van der Waals surface area contributed by atoms with Crippen molar-refractivity contribution in [2.45, 2.75) is 18.8 Å². The highest BCUT2D eigenvalue weighted by Crippen LogP contribution is 2.43. The Balaban J connectivity index is 1.57. The second-order valence-corrected chi connectivity index (χ2v) is 7.23. The molecule has 0 radical (unpaired) electrons. The minimum atomic E-state index is -0.135. The van der Waals surface area contributed by atoms with Crippen molar-refractivity contribution in [3.8, 4) is 11.5 Å². The molecule has 1 heterocycles. The van der Waals surface area contributed by atoms with Crippen molar-refractivity contribution in [3.05, 3.63) is 84.3 Å². The highest BCUT2D eigenvalue weighted by molar-refractivity contribution is 6.10. The zero-order valence-electron chi connectivity index (χ0n) is 15.6. The zero-order valence-corrected chi connectivity index (χ0v) is 15.6. The smallest absolute Gasteiger partial charge is 0.280 e. The van der Waals surface area contributed by atoms with E-state index in [2.05, 4.69) is 17.1 Å². The van der Waals surface area contributed by atoms with E-state index in [-0.39, 0.29) is 5.91 Å². The number of benzene rings is 3. The van der Waals surface area contributed by atoms with Gasteiger partial charge < -0.3 is 9.32 Å². The Morgan fingerprint density at radius 2 is 1.68 bits per heavy atom. The molecule has 0 unspecified atom stereocenters. The van der Waals surface area contributed by atoms with E-state index in [0.29, 0.717) is 17.5 Å². The molecule has 0 atom stereocenters. The van der Waals surface area contributed by atoms with E-state index in [1.165, 1.54) is 0 Å². The first-order valence-corrected chi connectivity index (χ1v) is 9.54. The van der Waals surface area contributed by atoms with Crippen molar-refractivity contribution in [1.29, 1.82) is 0 Å². The molecule has 4 nitrogen and oxygen atoms in total. The summed E-state index contributed by atoms with van der Waals surface area (Å²) in [6.45, 7) is 0. The molecule has 4 heteroatoms. The first-order valence-electron chi connectivity index (χ1n) is 9.54. The van der Waals surface area contributed by atoms with Crippen molar-refractivity contribution < 1.29 is 9.21 Å². The summed E-state index contributed by atoms with van der Waals surface area (Å²) in [7, 11) is 1.80. The summed E-state index contributed by atoms with van der Waals surface area (Å²) in [6.07, 6.45) is 2.09. The van der Waals surface area contributed by atoms with Gasteiger partial charge in [-0.3, -0.25) is 4.79 Å². The molecule has 1 saturated carbocycles. The van der Waals surface area contributed by atoms with Crippen molar-refractivity contribution in [2.75, 3.05) is 11.9 Å². The van der Waals surface area contributed by atoms with Gasteiger partial charge in [0.1, 0.15) is 5.76 Å². The number of oxazole rings is 1. The van der Waals surface area contributed by atoms with Gasteiger partial charge in [0.05, 0.1) is 5.69 Å². The molecule has 4 aromatic rings. The Labute approximate surface area is 163 Å². The van der Waals surface area contributed by atoms with Crippen LogP contribution in [0, 0.1) is 0 Å². The second-order valence-electron chi connectivity index (χ2n) is 7.23. The topological polar surface area (TPSA) is 46.3 Å². The molecule has 1 amide bonds. The van der Waals surface area contributed by atoms with Crippen LogP contribution in [0.15, 0.2) is 77.2 Å². The Kier molecular flexibility index (Phi) is 3.97. The molecule has 138 valence electrons. The summed E-state index contributed by atoms with van der Waals surface area (Å²) in [5.41, 5.74) is 2.18. The Bertz CT molecular complexity index is 1150. The van der Waals surface area contributed by atoms with Crippen LogP contribution in [0.3, 0.4) is 0 Å². The molecule has 5 rings (SSSR count). The minimum absolute atomic E-state index is 0.135. The predicted molar refractivity (Wildman–Crippen MR) is 111 cm³/mol. The third-order valence-corrected chi connectivity index (χ3v) is 5.26. The number of rotatable bonds is 4. The number of carbonyl (C=O) groups is 1. The van der Waals surface area contributed by atoms with Crippen LogP contribution in [0.5, 0.6) is 0 Å². The van der Waals surface area contributed by atoms with Crippen molar-refractivity contribution in [2.24, 2.45) is 0 Å². The molecular formula is C24H20N2O2. The van der Waals surface area contributed by atoms with Crippen LogP contribution in [0.2, 0.25) is 0 Å². The lowest BCUT2D eigenvalue weighted by molar-refractivity contribution is 0.0987. The summed E-state index contributed by atoms with van der Waals surface area (Å²) in [6, 6.07) is 23.8. The molecule has 1 aliphatic rings. The van der Waals surface area contributed by atoms with Crippen LogP contribution in [0.25, 0.3) is 22.2 Å². The van der Waals surface area contributed by atoms with Gasteiger partial charge in [-0.05, 0) is 36.4 Å². The van der Waals surface area contributed by atoms with E-state index in [0.717, 1.165) is 40.6 Å². The summed E-state index contributed by atoms with van der Waals surface area (Å²) < 4.78 is 6.06. The van der Waals surface area contributed by atoms with E-state index < -0.39 is 0 Å². The Morgan fingerprint density at radius 3 is 2.46 bits per heavy atom. The molecular weight excluding hydrogens is 348 g/mol. The van der Waals surface area contributed by atoms with E-state index >= 15 is 0 Å². The molecule has 1 fully saturated rings. The van der Waals surface area contributed by atoms with E-state index in [1.54, 1.807) is 11.9 Å². The monoisotopic (exact) mass is 368 g/mol. The van der Waals surface area contributed by atoms with Crippen molar-refractivity contribution >= 4 is 22.4 Å². The maximum absolute atomic E-state index is 13.4. The fourth-order valence-corrected chi connectivity index (χ4v) is 3.58. The maximum atomic E-state index is 13.4. The van der Waals surface area contributed by atoms with E-state index in [1.807, 2.05) is 60.7 Å². The van der Waals surface area contributed by atoms with Gasteiger partial charge in [-0.2, -0.15) is 0 Å². The van der Waals surface area contributed by atoms with Gasteiger partial charge in [0.15, 0.2) is 5.69 Å². The molecule has 0 N–H and O–H groups in total. The summed E-state index contributed by atoms with van der Waals surface area (Å²) in [5, 5.41) is 2.15. The molecule has 28 heavy (non-hydrogen) atoms. The third kappa shape index (κ3) is 2.87. The molecule has 3 aromatic carbocycles. The predicted octanol–water partition coefficient (Wildman–Crippen LogP) is 5.65. The van der Waals surface area contributed by atoms with Crippen LogP contribution >= 0.6 is 0 Å². The van der Waals surface area contributed by atoms with Crippen LogP contribution in [0.4, 0.5) is 5.69 Å². The number of nitrogens with zero attached hydrogens (tertiary/aromatic N) is 2. The van der Waals surface area contributed by atoms with Gasteiger partial charge in [0.2, 0.25) is 5.89 Å². The van der Waals surface area contributed by atoms with Gasteiger partial charge in [-0.15, -0.1) is 0 Å². The quantitative estimate of drug-likeness (QED) is 0.468. The van der Waals surface area contributed by atoms with Crippen LogP contribution in [0.1, 0.15) is 35.0 Å². The summed E-state index contributed by atoms with van der Waals surface area (Å²) in [5.74, 6) is 1.39. The van der Waals surface area contributed by atoms with Crippen molar-refractivity contribution in [3.63, 3.8) is 0 Å². The van der Waals surface area contributed by atoms with Gasteiger partial charge in [-0.25, -0.2) is 4.98 Å². The second kappa shape index (κ2) is 6.64. The van der Waals surface area contributed by atoms with Gasteiger partial charge in [0.25, 0.3) is 5.91 Å². The number of carbonyl (C=O) groups excluding carboxylic acids is 1. The van der Waals surface area contributed by atoms with Crippen LogP contribution < -0.4 is 4.90 Å². The number of hydrogen-bond acceptors (Lipinski definition) is 3. The fraction of sp³-hybridized carbons (Fsp3) is 0.167. The SMILES string of the molecule is CN(C(=O)c1nc(-c2ccccc2)oc1C1CC1)c1cccc2ccccc12. The van der Waals surface area contributed by atoms with Gasteiger partial charge in [-0.1, -0.05) is 54.6 Å². The molecule has 0 aliphatic heterocycles. The molecule has 0 spiro atoms. The maximum Gasteiger partial charge on any atom is 0.280 e. The number of fused-ring (bicyclic) bond motifs is 1. The molecule has 0 bridgehead atoms. The van der Waals surface area contributed by atoms with E-state index in [9.17, 15) is 4.79 Å². The van der Waals surface area contributed by atoms with Gasteiger partial charge in [0, 0.05) is 23.9 Å². The van der Waals surface area contributed by atoms with E-state index in [4.69, 9.17) is 4.42 Å². The Hall–Kier alpha value is -3.40. The lowest BCUT2D eigenvalue weighted by atomic mass is 10.1. The average molecular weight is 368 g/mol. The standard InChI is InChI=1S/C24H20N2O2/c1-26(20-13-7-11-16-8-5-6-12-19(16)20)24(27)21-22(17-14-15-17)28-23(25-21)18-9-3-2-4-10-18/h2-13,17H,14-15H2,1H3. The summed E-state index contributed by atoms with van der Waals surface area (Å²) in [4.78, 5) is 19.7. The number of amides is 1. The number of hydrogen-bond donors (Lipinski definition) is 0. The molecule has 1 aromatic heterocycles. The average Bonchev–Trinajstić information content (AvgIpc) is 3.51. The van der Waals surface area contributed by atoms with Crippen LogP contribution in [-0.4, -0.2) is 17.9 Å². The highest BCUT2D eigenvalue weighted by atomic mass is 16.4. The minimum Gasteiger partial charge on any atom is -0.440 e. The molecule has 0 saturated heterocycles. The van der Waals surface area contributed by atoms with Gasteiger partial charge >= 0.3 is 0 Å². The Morgan fingerprint density at radius 1 is 0.964 bits per heavy atom. The highest BCUT2D eigenvalue weighted by Gasteiger charge is 2.35. The number of anilines is 1.